The Morgan fingerprint density at radius 3 is 2.30 bits per heavy atom. The van der Waals surface area contributed by atoms with Crippen LogP contribution >= 0.6 is 0 Å². The minimum atomic E-state index is -4.42. The van der Waals surface area contributed by atoms with E-state index >= 15 is 0 Å². The molecule has 0 saturated heterocycles. The molecule has 0 radical (unpaired) electrons. The van der Waals surface area contributed by atoms with Gasteiger partial charge in [0.2, 0.25) is 0 Å². The van der Waals surface area contributed by atoms with Crippen LogP contribution in [-0.4, -0.2) is 10.9 Å². The van der Waals surface area contributed by atoms with Crippen LogP contribution in [0.2, 0.25) is 0 Å². The number of alkyl halides is 3. The number of rotatable bonds is 5. The number of halogens is 3. The van der Waals surface area contributed by atoms with E-state index in [-0.39, 0.29) is 5.69 Å². The number of pyridine rings is 1. The molecule has 1 aromatic heterocycles. The molecule has 0 bridgehead atoms. The van der Waals surface area contributed by atoms with E-state index in [1.54, 1.807) is 18.3 Å². The van der Waals surface area contributed by atoms with E-state index in [2.05, 4.69) is 15.6 Å². The first kappa shape index (κ1) is 18.4. The van der Waals surface area contributed by atoms with Crippen LogP contribution < -0.4 is 10.6 Å². The van der Waals surface area contributed by atoms with Crippen molar-refractivity contribution in [3.63, 3.8) is 0 Å². The van der Waals surface area contributed by atoms with Crippen LogP contribution in [0.4, 0.5) is 24.7 Å². The van der Waals surface area contributed by atoms with Crippen molar-refractivity contribution in [2.24, 2.45) is 0 Å². The molecule has 0 spiro atoms. The van der Waals surface area contributed by atoms with E-state index < -0.39 is 17.6 Å². The van der Waals surface area contributed by atoms with Gasteiger partial charge in [-0.2, -0.15) is 13.2 Å². The number of amides is 1. The lowest BCUT2D eigenvalue weighted by molar-refractivity contribution is -0.137. The van der Waals surface area contributed by atoms with Gasteiger partial charge in [-0.15, -0.1) is 0 Å². The van der Waals surface area contributed by atoms with Crippen molar-refractivity contribution in [2.75, 3.05) is 10.6 Å². The van der Waals surface area contributed by atoms with Crippen molar-refractivity contribution in [3.8, 4) is 0 Å². The quantitative estimate of drug-likeness (QED) is 0.666. The van der Waals surface area contributed by atoms with Crippen molar-refractivity contribution in [3.05, 3.63) is 89.6 Å². The third-order valence-electron chi connectivity index (χ3n) is 3.83. The summed E-state index contributed by atoms with van der Waals surface area (Å²) in [6, 6.07) is 17.1. The highest BCUT2D eigenvalue weighted by Gasteiger charge is 2.30. The van der Waals surface area contributed by atoms with Crippen LogP contribution in [0.5, 0.6) is 0 Å². The van der Waals surface area contributed by atoms with Crippen molar-refractivity contribution >= 4 is 17.4 Å². The number of carbonyl (C=O) groups is 1. The van der Waals surface area contributed by atoms with Crippen LogP contribution in [0.1, 0.15) is 21.5 Å². The number of nitrogens with one attached hydrogen (secondary N) is 2. The molecule has 0 unspecified atom stereocenters. The molecular weight excluding hydrogens is 355 g/mol. The molecule has 0 fully saturated rings. The Hall–Kier alpha value is -3.35. The maximum absolute atomic E-state index is 12.6. The minimum Gasteiger partial charge on any atom is -0.365 e. The van der Waals surface area contributed by atoms with E-state index in [1.165, 1.54) is 12.1 Å². The lowest BCUT2D eigenvalue weighted by atomic mass is 10.2. The third-order valence-corrected chi connectivity index (χ3v) is 3.83. The lowest BCUT2D eigenvalue weighted by Gasteiger charge is -2.12. The van der Waals surface area contributed by atoms with E-state index in [1.807, 2.05) is 30.3 Å². The van der Waals surface area contributed by atoms with Gasteiger partial charge in [-0.05, 0) is 42.0 Å². The molecule has 2 aromatic carbocycles. The largest absolute Gasteiger partial charge is 0.416 e. The first-order valence-corrected chi connectivity index (χ1v) is 8.15. The number of carbonyl (C=O) groups excluding carboxylic acids is 1. The summed E-state index contributed by atoms with van der Waals surface area (Å²) in [4.78, 5) is 16.7. The normalized spacial score (nSPS) is 11.1. The number of aromatic nitrogens is 1. The van der Waals surface area contributed by atoms with Crippen LogP contribution in [0.15, 0.2) is 72.9 Å². The van der Waals surface area contributed by atoms with Gasteiger partial charge in [0.05, 0.1) is 11.1 Å². The molecule has 3 aromatic rings. The Bertz CT molecular complexity index is 910. The Kier molecular flexibility index (Phi) is 5.40. The van der Waals surface area contributed by atoms with Gasteiger partial charge in [0, 0.05) is 18.4 Å². The fraction of sp³-hybridized carbons (Fsp3) is 0.100. The van der Waals surface area contributed by atoms with Gasteiger partial charge in [-0.25, -0.2) is 4.98 Å². The molecule has 0 saturated carbocycles. The van der Waals surface area contributed by atoms with Crippen molar-refractivity contribution in [1.82, 2.24) is 4.98 Å². The summed E-state index contributed by atoms with van der Waals surface area (Å²) in [7, 11) is 0. The number of hydrogen-bond acceptors (Lipinski definition) is 3. The average molecular weight is 371 g/mol. The Balaban J connectivity index is 1.71. The van der Waals surface area contributed by atoms with Gasteiger partial charge in [0.1, 0.15) is 5.82 Å². The maximum atomic E-state index is 12.6. The smallest absolute Gasteiger partial charge is 0.365 e. The fourth-order valence-corrected chi connectivity index (χ4v) is 2.45. The average Bonchev–Trinajstić information content (AvgIpc) is 2.67. The van der Waals surface area contributed by atoms with Crippen molar-refractivity contribution < 1.29 is 18.0 Å². The molecule has 138 valence electrons. The molecule has 27 heavy (non-hydrogen) atoms. The SMILES string of the molecule is O=C(Nc1ccc(C(F)(F)F)cc1)c1cccnc1NCc1ccccc1. The zero-order chi connectivity index (χ0) is 19.3. The predicted octanol–water partition coefficient (Wildman–Crippen LogP) is 4.96. The second kappa shape index (κ2) is 7.90. The summed E-state index contributed by atoms with van der Waals surface area (Å²) in [5.74, 6) is -0.0656. The predicted molar refractivity (Wildman–Crippen MR) is 97.4 cm³/mol. The first-order chi connectivity index (χ1) is 12.9. The molecule has 0 aliphatic rings. The van der Waals surface area contributed by atoms with Crippen LogP contribution in [0.3, 0.4) is 0 Å². The second-order valence-electron chi connectivity index (χ2n) is 5.77. The van der Waals surface area contributed by atoms with Crippen LogP contribution in [-0.2, 0) is 12.7 Å². The molecule has 4 nitrogen and oxygen atoms in total. The number of benzene rings is 2. The number of hydrogen-bond donors (Lipinski definition) is 2. The fourth-order valence-electron chi connectivity index (χ4n) is 2.45. The van der Waals surface area contributed by atoms with Gasteiger partial charge < -0.3 is 10.6 Å². The van der Waals surface area contributed by atoms with Gasteiger partial charge in [0.15, 0.2) is 0 Å². The van der Waals surface area contributed by atoms with E-state index in [0.717, 1.165) is 17.7 Å². The minimum absolute atomic E-state index is 0.269. The summed E-state index contributed by atoms with van der Waals surface area (Å²) in [5, 5.41) is 5.69. The molecule has 2 N–H and O–H groups in total. The van der Waals surface area contributed by atoms with Gasteiger partial charge in [0.25, 0.3) is 5.91 Å². The van der Waals surface area contributed by atoms with E-state index in [0.29, 0.717) is 17.9 Å². The highest BCUT2D eigenvalue weighted by atomic mass is 19.4. The summed E-state index contributed by atoms with van der Waals surface area (Å²) < 4.78 is 37.9. The van der Waals surface area contributed by atoms with Gasteiger partial charge >= 0.3 is 6.18 Å². The van der Waals surface area contributed by atoms with E-state index in [4.69, 9.17) is 0 Å². The lowest BCUT2D eigenvalue weighted by Crippen LogP contribution is -2.16. The standard InChI is InChI=1S/C20H16F3N3O/c21-20(22,23)15-8-10-16(11-9-15)26-19(27)17-7-4-12-24-18(17)25-13-14-5-2-1-3-6-14/h1-12H,13H2,(H,24,25)(H,26,27). The number of anilines is 2. The molecular formula is C20H16F3N3O. The van der Waals surface area contributed by atoms with Crippen molar-refractivity contribution in [2.45, 2.75) is 12.7 Å². The molecule has 7 heteroatoms. The second-order valence-corrected chi connectivity index (χ2v) is 5.77. The van der Waals surface area contributed by atoms with Crippen LogP contribution in [0.25, 0.3) is 0 Å². The monoisotopic (exact) mass is 371 g/mol. The topological polar surface area (TPSA) is 54.0 Å². The molecule has 1 heterocycles. The summed E-state index contributed by atoms with van der Waals surface area (Å²) in [6.45, 7) is 0.485. The third kappa shape index (κ3) is 4.84. The molecule has 3 rings (SSSR count). The van der Waals surface area contributed by atoms with Crippen molar-refractivity contribution in [1.29, 1.82) is 0 Å². The van der Waals surface area contributed by atoms with Crippen LogP contribution in [0, 0.1) is 0 Å². The first-order valence-electron chi connectivity index (χ1n) is 8.15. The van der Waals surface area contributed by atoms with Gasteiger partial charge in [-0.1, -0.05) is 30.3 Å². The zero-order valence-corrected chi connectivity index (χ0v) is 14.1. The van der Waals surface area contributed by atoms with Gasteiger partial charge in [-0.3, -0.25) is 4.79 Å². The summed E-state index contributed by atoms with van der Waals surface area (Å²) in [6.07, 6.45) is -2.86. The Morgan fingerprint density at radius 2 is 1.63 bits per heavy atom. The maximum Gasteiger partial charge on any atom is 0.416 e. The zero-order valence-electron chi connectivity index (χ0n) is 14.1. The molecule has 0 aliphatic carbocycles. The summed E-state index contributed by atoms with van der Waals surface area (Å²) >= 11 is 0. The molecule has 0 atom stereocenters. The highest BCUT2D eigenvalue weighted by Crippen LogP contribution is 2.30. The summed E-state index contributed by atoms with van der Waals surface area (Å²) in [5.41, 5.74) is 0.823. The van der Waals surface area contributed by atoms with E-state index in [9.17, 15) is 18.0 Å². The Labute approximate surface area is 154 Å². The molecule has 0 aliphatic heterocycles. The number of nitrogens with zero attached hydrogens (tertiary/aromatic N) is 1. The Morgan fingerprint density at radius 1 is 0.926 bits per heavy atom. The highest BCUT2D eigenvalue weighted by molar-refractivity contribution is 6.07. The molecule has 1 amide bonds.